The zero-order chi connectivity index (χ0) is 17.5. The van der Waals surface area contributed by atoms with Gasteiger partial charge in [0.25, 0.3) is 0 Å². The van der Waals surface area contributed by atoms with Crippen LogP contribution in [0.3, 0.4) is 0 Å². The number of aldehydes is 1. The van der Waals surface area contributed by atoms with Gasteiger partial charge in [0.2, 0.25) is 0 Å². The Labute approximate surface area is 146 Å². The summed E-state index contributed by atoms with van der Waals surface area (Å²) in [5, 5.41) is 9.67. The monoisotopic (exact) mass is 333 g/mol. The van der Waals surface area contributed by atoms with Gasteiger partial charge in [-0.2, -0.15) is 5.26 Å². The second kappa shape index (κ2) is 8.11. The van der Waals surface area contributed by atoms with Crippen molar-refractivity contribution in [3.8, 4) is 11.8 Å². The summed E-state index contributed by atoms with van der Waals surface area (Å²) in [5.41, 5.74) is 2.18. The summed E-state index contributed by atoms with van der Waals surface area (Å²) >= 11 is 0. The third-order valence-corrected chi connectivity index (χ3v) is 4.09. The number of unbranched alkanes of at least 4 members (excludes halogenated alkanes) is 2. The molecule has 2 heterocycles. The number of hydrogen-bond acceptors (Lipinski definition) is 4. The average Bonchev–Trinajstić information content (AvgIpc) is 3.03. The fourth-order valence-electron chi connectivity index (χ4n) is 2.79. The van der Waals surface area contributed by atoms with Crippen LogP contribution < -0.4 is 4.74 Å². The molecule has 1 aromatic carbocycles. The maximum Gasteiger partial charge on any atom is 0.152 e. The Hall–Kier alpha value is -3.13. The van der Waals surface area contributed by atoms with E-state index in [2.05, 4.69) is 11.1 Å². The lowest BCUT2D eigenvalue weighted by molar-refractivity contribution is 0.112. The van der Waals surface area contributed by atoms with E-state index in [1.54, 1.807) is 18.3 Å². The molecule has 0 amide bonds. The van der Waals surface area contributed by atoms with E-state index in [1.807, 2.05) is 35.0 Å². The van der Waals surface area contributed by atoms with Crippen LogP contribution in [-0.4, -0.2) is 22.4 Å². The highest BCUT2D eigenvalue weighted by Crippen LogP contribution is 2.18. The van der Waals surface area contributed by atoms with Gasteiger partial charge in [-0.3, -0.25) is 4.79 Å². The molecule has 0 saturated carbocycles. The molecule has 0 bridgehead atoms. The van der Waals surface area contributed by atoms with Crippen LogP contribution in [0.4, 0.5) is 0 Å². The summed E-state index contributed by atoms with van der Waals surface area (Å²) in [5.74, 6) is 0.787. The van der Waals surface area contributed by atoms with Crippen LogP contribution >= 0.6 is 0 Å². The summed E-state index contributed by atoms with van der Waals surface area (Å²) < 4.78 is 7.72. The molecule has 0 aliphatic rings. The topological polar surface area (TPSA) is 67.9 Å². The summed E-state index contributed by atoms with van der Waals surface area (Å²) in [6.07, 6.45) is 7.48. The number of nitriles is 1. The lowest BCUT2D eigenvalue weighted by atomic mass is 10.2. The minimum Gasteiger partial charge on any atom is -0.494 e. The SMILES string of the molecule is N#Cc1ccc(OCCCCCn2cc(C=O)c3cccnc32)cc1. The zero-order valence-electron chi connectivity index (χ0n) is 13.9. The van der Waals surface area contributed by atoms with Crippen molar-refractivity contribution in [2.75, 3.05) is 6.61 Å². The summed E-state index contributed by atoms with van der Waals surface area (Å²) in [7, 11) is 0. The lowest BCUT2D eigenvalue weighted by Gasteiger charge is -2.07. The number of ether oxygens (including phenoxy) is 1. The largest absolute Gasteiger partial charge is 0.494 e. The van der Waals surface area contributed by atoms with Gasteiger partial charge in [0, 0.05) is 29.9 Å². The zero-order valence-corrected chi connectivity index (χ0v) is 13.9. The Bertz CT molecular complexity index is 891. The molecule has 0 saturated heterocycles. The lowest BCUT2D eigenvalue weighted by Crippen LogP contribution is -2.00. The minimum atomic E-state index is 0.634. The standard InChI is InChI=1S/C20H19N3O2/c21-13-16-6-8-18(9-7-16)25-12-3-1-2-11-23-14-17(15-24)19-5-4-10-22-20(19)23/h4-10,14-15H,1-3,11-12H2. The molecule has 5 nitrogen and oxygen atoms in total. The minimum absolute atomic E-state index is 0.634. The molecular weight excluding hydrogens is 314 g/mol. The number of rotatable bonds is 8. The van der Waals surface area contributed by atoms with E-state index in [0.717, 1.165) is 48.9 Å². The number of fused-ring (bicyclic) bond motifs is 1. The van der Waals surface area contributed by atoms with Crippen LogP contribution in [0, 0.1) is 11.3 Å². The first-order valence-electron chi connectivity index (χ1n) is 8.34. The highest BCUT2D eigenvalue weighted by Gasteiger charge is 2.07. The smallest absolute Gasteiger partial charge is 0.152 e. The number of aromatic nitrogens is 2. The molecule has 0 fully saturated rings. The summed E-state index contributed by atoms with van der Waals surface area (Å²) in [6, 6.07) is 13.0. The highest BCUT2D eigenvalue weighted by molar-refractivity contribution is 5.95. The number of carbonyl (C=O) groups excluding carboxylic acids is 1. The number of aryl methyl sites for hydroxylation is 1. The van der Waals surface area contributed by atoms with E-state index < -0.39 is 0 Å². The molecule has 2 aromatic heterocycles. The number of hydrogen-bond donors (Lipinski definition) is 0. The van der Waals surface area contributed by atoms with E-state index in [0.29, 0.717) is 17.7 Å². The number of carbonyl (C=O) groups is 1. The van der Waals surface area contributed by atoms with E-state index in [9.17, 15) is 4.79 Å². The molecule has 0 spiro atoms. The highest BCUT2D eigenvalue weighted by atomic mass is 16.5. The Morgan fingerprint density at radius 2 is 2.00 bits per heavy atom. The molecule has 5 heteroatoms. The molecule has 126 valence electrons. The molecular formula is C20H19N3O2. The van der Waals surface area contributed by atoms with Gasteiger partial charge in [-0.05, 0) is 55.7 Å². The third-order valence-electron chi connectivity index (χ3n) is 4.09. The van der Waals surface area contributed by atoms with Gasteiger partial charge in [0.1, 0.15) is 11.4 Å². The Morgan fingerprint density at radius 3 is 2.76 bits per heavy atom. The van der Waals surface area contributed by atoms with Crippen molar-refractivity contribution in [1.82, 2.24) is 9.55 Å². The van der Waals surface area contributed by atoms with Crippen molar-refractivity contribution in [3.05, 3.63) is 59.9 Å². The Morgan fingerprint density at radius 1 is 1.16 bits per heavy atom. The fraction of sp³-hybridized carbons (Fsp3) is 0.250. The maximum atomic E-state index is 11.1. The first-order chi connectivity index (χ1) is 12.3. The summed E-state index contributed by atoms with van der Waals surface area (Å²) in [6.45, 7) is 1.48. The average molecular weight is 333 g/mol. The predicted octanol–water partition coefficient (Wildman–Crippen LogP) is 3.97. The van der Waals surface area contributed by atoms with Crippen molar-refractivity contribution < 1.29 is 9.53 Å². The van der Waals surface area contributed by atoms with Gasteiger partial charge in [0.05, 0.1) is 18.2 Å². The fourth-order valence-corrected chi connectivity index (χ4v) is 2.79. The van der Waals surface area contributed by atoms with Crippen molar-refractivity contribution >= 4 is 17.3 Å². The van der Waals surface area contributed by atoms with Crippen LogP contribution in [0.5, 0.6) is 5.75 Å². The van der Waals surface area contributed by atoms with Crippen molar-refractivity contribution in [2.24, 2.45) is 0 Å². The van der Waals surface area contributed by atoms with Crippen LogP contribution in [0.15, 0.2) is 48.8 Å². The van der Waals surface area contributed by atoms with Gasteiger partial charge in [0.15, 0.2) is 6.29 Å². The van der Waals surface area contributed by atoms with Crippen LogP contribution in [0.2, 0.25) is 0 Å². The second-order valence-electron chi connectivity index (χ2n) is 5.82. The second-order valence-corrected chi connectivity index (χ2v) is 5.82. The van der Waals surface area contributed by atoms with E-state index in [-0.39, 0.29) is 0 Å². The van der Waals surface area contributed by atoms with Crippen LogP contribution in [0.1, 0.15) is 35.2 Å². The predicted molar refractivity (Wildman–Crippen MR) is 95.6 cm³/mol. The summed E-state index contributed by atoms with van der Waals surface area (Å²) in [4.78, 5) is 15.5. The first kappa shape index (κ1) is 16.7. The third kappa shape index (κ3) is 4.04. The van der Waals surface area contributed by atoms with Crippen LogP contribution in [0.25, 0.3) is 11.0 Å². The van der Waals surface area contributed by atoms with Gasteiger partial charge >= 0.3 is 0 Å². The molecule has 0 N–H and O–H groups in total. The van der Waals surface area contributed by atoms with Crippen molar-refractivity contribution in [2.45, 2.75) is 25.8 Å². The molecule has 0 unspecified atom stereocenters. The van der Waals surface area contributed by atoms with Gasteiger partial charge in [-0.15, -0.1) is 0 Å². The number of benzene rings is 1. The van der Waals surface area contributed by atoms with Gasteiger partial charge in [-0.1, -0.05) is 0 Å². The molecule has 3 aromatic rings. The molecule has 0 aliphatic carbocycles. The molecule has 0 radical (unpaired) electrons. The van der Waals surface area contributed by atoms with E-state index >= 15 is 0 Å². The van der Waals surface area contributed by atoms with Gasteiger partial charge in [-0.25, -0.2) is 4.98 Å². The normalized spacial score (nSPS) is 10.5. The quantitative estimate of drug-likeness (QED) is 0.462. The molecule has 3 rings (SSSR count). The Kier molecular flexibility index (Phi) is 5.43. The molecule has 25 heavy (non-hydrogen) atoms. The van der Waals surface area contributed by atoms with Crippen molar-refractivity contribution in [1.29, 1.82) is 5.26 Å². The number of nitrogens with zero attached hydrogens (tertiary/aromatic N) is 3. The Balaban J connectivity index is 1.44. The maximum absolute atomic E-state index is 11.1. The molecule has 0 aliphatic heterocycles. The van der Waals surface area contributed by atoms with Gasteiger partial charge < -0.3 is 9.30 Å². The van der Waals surface area contributed by atoms with Crippen molar-refractivity contribution in [3.63, 3.8) is 0 Å². The molecule has 0 atom stereocenters. The van der Waals surface area contributed by atoms with E-state index in [4.69, 9.17) is 10.00 Å². The first-order valence-corrected chi connectivity index (χ1v) is 8.34. The van der Waals surface area contributed by atoms with Crippen LogP contribution in [-0.2, 0) is 6.54 Å². The number of pyridine rings is 1. The van der Waals surface area contributed by atoms with E-state index in [1.165, 1.54) is 0 Å².